The van der Waals surface area contributed by atoms with Crippen molar-refractivity contribution in [2.75, 3.05) is 18.0 Å². The lowest BCUT2D eigenvalue weighted by Gasteiger charge is -2.33. The SMILES string of the molecule is Cc1cc(N2CCC[C@H](OC(=O)c3cnn(C(C)C)c3)C2)nc(C)n1. The number of nitrogens with zero attached hydrogens (tertiary/aromatic N) is 5. The van der Waals surface area contributed by atoms with Gasteiger partial charge in [-0.2, -0.15) is 5.10 Å². The van der Waals surface area contributed by atoms with Gasteiger partial charge < -0.3 is 9.64 Å². The number of carbonyl (C=O) groups excluding carboxylic acids is 1. The van der Waals surface area contributed by atoms with Gasteiger partial charge in [-0.1, -0.05) is 0 Å². The molecule has 1 fully saturated rings. The molecule has 1 aliphatic rings. The second kappa shape index (κ2) is 7.21. The number of hydrogen-bond acceptors (Lipinski definition) is 6. The van der Waals surface area contributed by atoms with Crippen molar-refractivity contribution in [2.24, 2.45) is 0 Å². The standard InChI is InChI=1S/C18H25N5O2/c1-12(2)23-10-15(9-19-23)18(24)25-16-6-5-7-22(11-16)17-8-13(3)20-14(4)21-17/h8-10,12,16H,5-7,11H2,1-4H3/t16-/m0/s1. The molecule has 25 heavy (non-hydrogen) atoms. The zero-order valence-corrected chi connectivity index (χ0v) is 15.3. The maximum Gasteiger partial charge on any atom is 0.341 e. The van der Waals surface area contributed by atoms with E-state index in [-0.39, 0.29) is 18.1 Å². The Hall–Kier alpha value is -2.44. The van der Waals surface area contributed by atoms with Crippen LogP contribution in [0.4, 0.5) is 5.82 Å². The van der Waals surface area contributed by atoms with Crippen LogP contribution in [0, 0.1) is 13.8 Å². The Morgan fingerprint density at radius 1 is 1.32 bits per heavy atom. The van der Waals surface area contributed by atoms with Gasteiger partial charge in [0.1, 0.15) is 17.7 Å². The highest BCUT2D eigenvalue weighted by atomic mass is 16.5. The maximum atomic E-state index is 12.4. The second-order valence-corrected chi connectivity index (χ2v) is 6.83. The molecule has 3 heterocycles. The molecule has 0 unspecified atom stereocenters. The molecule has 1 aliphatic heterocycles. The molecule has 7 heteroatoms. The zero-order chi connectivity index (χ0) is 18.0. The van der Waals surface area contributed by atoms with Gasteiger partial charge in [0.2, 0.25) is 0 Å². The molecule has 134 valence electrons. The van der Waals surface area contributed by atoms with E-state index in [1.54, 1.807) is 17.1 Å². The minimum Gasteiger partial charge on any atom is -0.457 e. The number of aryl methyl sites for hydroxylation is 2. The van der Waals surface area contributed by atoms with Crippen molar-refractivity contribution in [1.29, 1.82) is 0 Å². The van der Waals surface area contributed by atoms with Gasteiger partial charge in [-0.25, -0.2) is 14.8 Å². The van der Waals surface area contributed by atoms with E-state index in [9.17, 15) is 4.79 Å². The van der Waals surface area contributed by atoms with E-state index in [1.165, 1.54) is 0 Å². The Balaban J connectivity index is 1.65. The van der Waals surface area contributed by atoms with Crippen LogP contribution in [-0.2, 0) is 4.74 Å². The number of anilines is 1. The van der Waals surface area contributed by atoms with Crippen LogP contribution in [-0.4, -0.2) is 44.9 Å². The molecule has 0 N–H and O–H groups in total. The third-order valence-electron chi connectivity index (χ3n) is 4.29. The van der Waals surface area contributed by atoms with Crippen molar-refractivity contribution in [1.82, 2.24) is 19.7 Å². The first kappa shape index (κ1) is 17.4. The minimum absolute atomic E-state index is 0.140. The van der Waals surface area contributed by atoms with E-state index in [1.807, 2.05) is 33.8 Å². The second-order valence-electron chi connectivity index (χ2n) is 6.83. The van der Waals surface area contributed by atoms with Crippen LogP contribution in [0.1, 0.15) is 54.6 Å². The van der Waals surface area contributed by atoms with Gasteiger partial charge in [0.25, 0.3) is 0 Å². The minimum atomic E-state index is -0.311. The molecule has 0 bridgehead atoms. The van der Waals surface area contributed by atoms with Crippen LogP contribution in [0.25, 0.3) is 0 Å². The van der Waals surface area contributed by atoms with Gasteiger partial charge >= 0.3 is 5.97 Å². The highest BCUT2D eigenvalue weighted by Crippen LogP contribution is 2.21. The van der Waals surface area contributed by atoms with Gasteiger partial charge in [0.05, 0.1) is 18.3 Å². The number of carbonyl (C=O) groups is 1. The Labute approximate surface area is 148 Å². The normalized spacial score (nSPS) is 17.8. The van der Waals surface area contributed by atoms with Crippen molar-refractivity contribution in [2.45, 2.75) is 52.7 Å². The van der Waals surface area contributed by atoms with E-state index in [0.717, 1.165) is 36.7 Å². The molecule has 3 rings (SSSR count). The van der Waals surface area contributed by atoms with Crippen molar-refractivity contribution in [3.63, 3.8) is 0 Å². The highest BCUT2D eigenvalue weighted by molar-refractivity contribution is 5.88. The van der Waals surface area contributed by atoms with Gasteiger partial charge in [0, 0.05) is 30.5 Å². The quantitative estimate of drug-likeness (QED) is 0.795. The fourth-order valence-corrected chi connectivity index (χ4v) is 3.05. The number of ether oxygens (including phenoxy) is 1. The topological polar surface area (TPSA) is 73.1 Å². The summed E-state index contributed by atoms with van der Waals surface area (Å²) in [6, 6.07) is 2.19. The molecule has 0 radical (unpaired) electrons. The lowest BCUT2D eigenvalue weighted by atomic mass is 10.1. The van der Waals surface area contributed by atoms with Crippen molar-refractivity contribution < 1.29 is 9.53 Å². The molecule has 2 aromatic heterocycles. The molecule has 1 atom stereocenters. The predicted molar refractivity (Wildman–Crippen MR) is 94.8 cm³/mol. The summed E-state index contributed by atoms with van der Waals surface area (Å²) in [5, 5.41) is 4.20. The number of piperidine rings is 1. The molecule has 1 saturated heterocycles. The number of aromatic nitrogens is 4. The molecule has 7 nitrogen and oxygen atoms in total. The monoisotopic (exact) mass is 343 g/mol. The van der Waals surface area contributed by atoms with Gasteiger partial charge in [0.15, 0.2) is 0 Å². The summed E-state index contributed by atoms with van der Waals surface area (Å²) in [7, 11) is 0. The molecule has 0 spiro atoms. The number of rotatable bonds is 4. The Morgan fingerprint density at radius 3 is 2.80 bits per heavy atom. The van der Waals surface area contributed by atoms with E-state index in [2.05, 4.69) is 20.0 Å². The largest absolute Gasteiger partial charge is 0.457 e. The lowest BCUT2D eigenvalue weighted by Crippen LogP contribution is -2.41. The zero-order valence-electron chi connectivity index (χ0n) is 15.3. The average molecular weight is 343 g/mol. The van der Waals surface area contributed by atoms with Gasteiger partial charge in [-0.15, -0.1) is 0 Å². The maximum absolute atomic E-state index is 12.4. The Kier molecular flexibility index (Phi) is 5.01. The van der Waals surface area contributed by atoms with Crippen LogP contribution in [0.3, 0.4) is 0 Å². The predicted octanol–water partition coefficient (Wildman–Crippen LogP) is 2.70. The van der Waals surface area contributed by atoms with Gasteiger partial charge in [-0.05, 0) is 40.5 Å². The van der Waals surface area contributed by atoms with E-state index >= 15 is 0 Å². The lowest BCUT2D eigenvalue weighted by molar-refractivity contribution is 0.0269. The summed E-state index contributed by atoms with van der Waals surface area (Å²) in [4.78, 5) is 23.4. The van der Waals surface area contributed by atoms with E-state index < -0.39 is 0 Å². The summed E-state index contributed by atoms with van der Waals surface area (Å²) >= 11 is 0. The molecular formula is C18H25N5O2. The summed E-state index contributed by atoms with van der Waals surface area (Å²) in [6.07, 6.45) is 5.00. The molecule has 0 saturated carbocycles. The summed E-state index contributed by atoms with van der Waals surface area (Å²) < 4.78 is 7.47. The Morgan fingerprint density at radius 2 is 2.12 bits per heavy atom. The number of hydrogen-bond donors (Lipinski definition) is 0. The third kappa shape index (κ3) is 4.15. The van der Waals surface area contributed by atoms with Crippen LogP contribution in [0.5, 0.6) is 0 Å². The van der Waals surface area contributed by atoms with Crippen molar-refractivity contribution in [3.05, 3.63) is 35.5 Å². The average Bonchev–Trinajstić information content (AvgIpc) is 3.04. The first-order chi connectivity index (χ1) is 11.9. The molecular weight excluding hydrogens is 318 g/mol. The van der Waals surface area contributed by atoms with Crippen LogP contribution >= 0.6 is 0 Å². The molecule has 2 aromatic rings. The Bertz CT molecular complexity index is 735. The van der Waals surface area contributed by atoms with Crippen LogP contribution in [0.15, 0.2) is 18.5 Å². The first-order valence-corrected chi connectivity index (χ1v) is 8.74. The van der Waals surface area contributed by atoms with E-state index in [4.69, 9.17) is 4.74 Å². The molecule has 0 aliphatic carbocycles. The van der Waals surface area contributed by atoms with E-state index in [0.29, 0.717) is 12.1 Å². The van der Waals surface area contributed by atoms with Gasteiger partial charge in [-0.3, -0.25) is 4.68 Å². The van der Waals surface area contributed by atoms with Crippen molar-refractivity contribution >= 4 is 11.8 Å². The fourth-order valence-electron chi connectivity index (χ4n) is 3.05. The van der Waals surface area contributed by atoms with Crippen LogP contribution in [0.2, 0.25) is 0 Å². The summed E-state index contributed by atoms with van der Waals surface area (Å²) in [6.45, 7) is 9.46. The molecule has 0 aromatic carbocycles. The number of esters is 1. The summed E-state index contributed by atoms with van der Waals surface area (Å²) in [5.41, 5.74) is 1.45. The first-order valence-electron chi connectivity index (χ1n) is 8.74. The summed E-state index contributed by atoms with van der Waals surface area (Å²) in [5.74, 6) is 1.35. The van der Waals surface area contributed by atoms with Crippen molar-refractivity contribution in [3.8, 4) is 0 Å². The highest BCUT2D eigenvalue weighted by Gasteiger charge is 2.25. The van der Waals surface area contributed by atoms with Crippen LogP contribution < -0.4 is 4.90 Å². The molecule has 0 amide bonds. The fraction of sp³-hybridized carbons (Fsp3) is 0.556. The third-order valence-corrected chi connectivity index (χ3v) is 4.29. The smallest absolute Gasteiger partial charge is 0.341 e.